The zero-order valence-electron chi connectivity index (χ0n) is 7.94. The summed E-state index contributed by atoms with van der Waals surface area (Å²) in [6.07, 6.45) is 3.34. The van der Waals surface area contributed by atoms with E-state index in [4.69, 9.17) is 9.84 Å². The zero-order valence-corrected chi connectivity index (χ0v) is 7.94. The van der Waals surface area contributed by atoms with Crippen molar-refractivity contribution in [1.82, 2.24) is 0 Å². The lowest BCUT2D eigenvalue weighted by atomic mass is 9.83. The van der Waals surface area contributed by atoms with Gasteiger partial charge in [-0.1, -0.05) is 12.8 Å². The molecule has 0 bridgehead atoms. The number of carbonyl (C=O) groups excluding carboxylic acids is 1. The fraction of sp³-hybridized carbons (Fsp3) is 0.800. The lowest BCUT2D eigenvalue weighted by Gasteiger charge is -2.17. The van der Waals surface area contributed by atoms with Gasteiger partial charge in [0.25, 0.3) is 0 Å². The lowest BCUT2D eigenvalue weighted by molar-refractivity contribution is -0.144. The van der Waals surface area contributed by atoms with Crippen molar-refractivity contribution in [3.05, 3.63) is 0 Å². The van der Waals surface area contributed by atoms with Gasteiger partial charge in [0, 0.05) is 5.92 Å². The summed E-state index contributed by atoms with van der Waals surface area (Å²) < 4.78 is 4.93. The summed E-state index contributed by atoms with van der Waals surface area (Å²) in [5.74, 6) is -1.58. The average Bonchev–Trinajstić information content (AvgIpc) is 2.38. The Hall–Kier alpha value is -1.06. The van der Waals surface area contributed by atoms with E-state index in [2.05, 4.69) is 0 Å². The van der Waals surface area contributed by atoms with Crippen molar-refractivity contribution in [3.63, 3.8) is 0 Å². The van der Waals surface area contributed by atoms with Crippen LogP contribution in [0.5, 0.6) is 0 Å². The molecule has 3 unspecified atom stereocenters. The molecule has 0 spiro atoms. The van der Waals surface area contributed by atoms with Crippen molar-refractivity contribution < 1.29 is 19.4 Å². The Kier molecular flexibility index (Phi) is 2.44. The van der Waals surface area contributed by atoms with Crippen LogP contribution in [0.4, 0.5) is 0 Å². The number of ether oxygens (including phenoxy) is 1. The van der Waals surface area contributed by atoms with Crippen LogP contribution in [-0.2, 0) is 14.3 Å². The van der Waals surface area contributed by atoms with Gasteiger partial charge in [-0.3, -0.25) is 9.59 Å². The Balaban J connectivity index is 2.18. The fourth-order valence-corrected chi connectivity index (χ4v) is 2.55. The first-order valence-electron chi connectivity index (χ1n) is 5.09. The molecule has 14 heavy (non-hydrogen) atoms. The molecule has 1 aliphatic carbocycles. The Bertz CT molecular complexity index is 261. The third-order valence-corrected chi connectivity index (χ3v) is 3.35. The van der Waals surface area contributed by atoms with Crippen LogP contribution in [0, 0.1) is 17.8 Å². The van der Waals surface area contributed by atoms with Gasteiger partial charge in [0.05, 0.1) is 18.4 Å². The first-order chi connectivity index (χ1) is 6.70. The molecule has 1 aliphatic heterocycles. The number of aliphatic carboxylic acids is 1. The Morgan fingerprint density at radius 2 is 2.07 bits per heavy atom. The molecule has 1 saturated carbocycles. The summed E-state index contributed by atoms with van der Waals surface area (Å²) in [6.45, 7) is 0.306. The van der Waals surface area contributed by atoms with E-state index < -0.39 is 5.97 Å². The van der Waals surface area contributed by atoms with Crippen LogP contribution in [0.25, 0.3) is 0 Å². The first kappa shape index (κ1) is 9.49. The molecule has 0 aromatic carbocycles. The summed E-state index contributed by atoms with van der Waals surface area (Å²) in [4.78, 5) is 22.3. The van der Waals surface area contributed by atoms with E-state index in [1.165, 1.54) is 0 Å². The first-order valence-corrected chi connectivity index (χ1v) is 5.09. The highest BCUT2D eigenvalue weighted by Crippen LogP contribution is 2.38. The van der Waals surface area contributed by atoms with E-state index in [0.717, 1.165) is 19.3 Å². The largest absolute Gasteiger partial charge is 0.481 e. The van der Waals surface area contributed by atoms with E-state index in [0.29, 0.717) is 13.0 Å². The Morgan fingerprint density at radius 1 is 1.36 bits per heavy atom. The van der Waals surface area contributed by atoms with Crippen LogP contribution in [0.3, 0.4) is 0 Å². The summed E-state index contributed by atoms with van der Waals surface area (Å²) >= 11 is 0. The fourth-order valence-electron chi connectivity index (χ4n) is 2.55. The van der Waals surface area contributed by atoms with Gasteiger partial charge < -0.3 is 9.84 Å². The van der Waals surface area contributed by atoms with Gasteiger partial charge in [-0.25, -0.2) is 0 Å². The van der Waals surface area contributed by atoms with Crippen LogP contribution >= 0.6 is 0 Å². The van der Waals surface area contributed by atoms with Gasteiger partial charge in [0.2, 0.25) is 0 Å². The molecule has 2 rings (SSSR count). The number of carboxylic acid groups (broad SMARTS) is 1. The molecule has 4 heteroatoms. The highest BCUT2D eigenvalue weighted by Gasteiger charge is 2.44. The second kappa shape index (κ2) is 3.59. The molecule has 2 aliphatic rings. The van der Waals surface area contributed by atoms with Gasteiger partial charge in [-0.2, -0.15) is 0 Å². The maximum Gasteiger partial charge on any atom is 0.309 e. The number of cyclic esters (lactones) is 1. The second-order valence-electron chi connectivity index (χ2n) is 4.13. The molecular formula is C10H14O4. The number of hydrogen-bond donors (Lipinski definition) is 1. The minimum atomic E-state index is -0.778. The second-order valence-corrected chi connectivity index (χ2v) is 4.13. The smallest absolute Gasteiger partial charge is 0.309 e. The number of hydrogen-bond acceptors (Lipinski definition) is 3. The van der Waals surface area contributed by atoms with Gasteiger partial charge in [-0.05, 0) is 12.8 Å². The molecule has 0 amide bonds. The molecule has 4 nitrogen and oxygen atoms in total. The minimum Gasteiger partial charge on any atom is -0.481 e. The van der Waals surface area contributed by atoms with Crippen molar-refractivity contribution in [2.45, 2.75) is 25.7 Å². The van der Waals surface area contributed by atoms with Crippen LogP contribution in [0.15, 0.2) is 0 Å². The maximum absolute atomic E-state index is 11.3. The van der Waals surface area contributed by atoms with Gasteiger partial charge in [0.1, 0.15) is 0 Å². The number of fused-ring (bicyclic) bond motifs is 1. The number of carboxylic acids is 1. The van der Waals surface area contributed by atoms with E-state index >= 15 is 0 Å². The van der Waals surface area contributed by atoms with Crippen LogP contribution < -0.4 is 0 Å². The number of carbonyl (C=O) groups is 2. The molecule has 1 N–H and O–H groups in total. The van der Waals surface area contributed by atoms with Crippen molar-refractivity contribution in [1.29, 1.82) is 0 Å². The molecule has 2 fully saturated rings. The monoisotopic (exact) mass is 198 g/mol. The van der Waals surface area contributed by atoms with Crippen molar-refractivity contribution in [2.75, 3.05) is 6.61 Å². The summed E-state index contributed by atoms with van der Waals surface area (Å²) in [5.41, 5.74) is 0. The Morgan fingerprint density at radius 3 is 2.79 bits per heavy atom. The minimum absolute atomic E-state index is 0.0810. The highest BCUT2D eigenvalue weighted by molar-refractivity contribution is 5.78. The van der Waals surface area contributed by atoms with Crippen LogP contribution in [-0.4, -0.2) is 23.7 Å². The average molecular weight is 198 g/mol. The SMILES string of the molecule is O=C(O)C1CCCCC2C(=O)OCC12. The molecule has 3 atom stereocenters. The summed E-state index contributed by atoms with van der Waals surface area (Å²) in [5, 5.41) is 9.03. The molecule has 0 aromatic heterocycles. The normalized spacial score (nSPS) is 37.1. The quantitative estimate of drug-likeness (QED) is 0.639. The standard InChI is InChI=1S/C10H14O4/c11-9(12)6-3-1-2-4-7-8(6)5-14-10(7)13/h6-8H,1-5H2,(H,11,12). The predicted octanol–water partition coefficient (Wildman–Crippen LogP) is 1.05. The third-order valence-electron chi connectivity index (χ3n) is 3.35. The summed E-state index contributed by atoms with van der Waals surface area (Å²) in [6, 6.07) is 0. The molecule has 0 aromatic rings. The van der Waals surface area contributed by atoms with Gasteiger partial charge in [-0.15, -0.1) is 0 Å². The number of rotatable bonds is 1. The van der Waals surface area contributed by atoms with E-state index in [-0.39, 0.29) is 23.7 Å². The topological polar surface area (TPSA) is 63.6 Å². The van der Waals surface area contributed by atoms with Gasteiger partial charge in [0.15, 0.2) is 0 Å². The zero-order chi connectivity index (χ0) is 10.1. The number of esters is 1. The Labute approximate surface area is 82.2 Å². The lowest BCUT2D eigenvalue weighted by Crippen LogP contribution is -2.28. The van der Waals surface area contributed by atoms with Crippen LogP contribution in [0.1, 0.15) is 25.7 Å². The highest BCUT2D eigenvalue weighted by atomic mass is 16.5. The molecule has 0 radical (unpaired) electrons. The molecule has 1 heterocycles. The summed E-state index contributed by atoms with van der Waals surface area (Å²) in [7, 11) is 0. The predicted molar refractivity (Wildman–Crippen MR) is 47.5 cm³/mol. The molecular weight excluding hydrogens is 184 g/mol. The third kappa shape index (κ3) is 1.49. The van der Waals surface area contributed by atoms with E-state index in [1.54, 1.807) is 0 Å². The van der Waals surface area contributed by atoms with Crippen molar-refractivity contribution >= 4 is 11.9 Å². The van der Waals surface area contributed by atoms with Crippen molar-refractivity contribution in [3.8, 4) is 0 Å². The molecule has 1 saturated heterocycles. The van der Waals surface area contributed by atoms with Gasteiger partial charge >= 0.3 is 11.9 Å². The maximum atomic E-state index is 11.3. The molecule has 78 valence electrons. The van der Waals surface area contributed by atoms with Crippen LogP contribution in [0.2, 0.25) is 0 Å². The van der Waals surface area contributed by atoms with Crippen molar-refractivity contribution in [2.24, 2.45) is 17.8 Å². The van der Waals surface area contributed by atoms with E-state index in [9.17, 15) is 9.59 Å². The van der Waals surface area contributed by atoms with E-state index in [1.807, 2.05) is 0 Å².